The summed E-state index contributed by atoms with van der Waals surface area (Å²) in [5.74, 6) is -0.269. The van der Waals surface area contributed by atoms with E-state index in [0.29, 0.717) is 0 Å². The zero-order valence-electron chi connectivity index (χ0n) is 15.1. The van der Waals surface area contributed by atoms with Gasteiger partial charge in [0.1, 0.15) is 0 Å². The molecule has 0 N–H and O–H groups in total. The van der Waals surface area contributed by atoms with Crippen LogP contribution in [0.15, 0.2) is 23.3 Å². The molecule has 0 saturated carbocycles. The summed E-state index contributed by atoms with van der Waals surface area (Å²) in [6.07, 6.45) is 10.1. The normalized spacial score (nSPS) is 28.6. The topological polar surface area (TPSA) is 38.8 Å². The van der Waals surface area contributed by atoms with Gasteiger partial charge in [0.25, 0.3) is 0 Å². The van der Waals surface area contributed by atoms with Crippen molar-refractivity contribution < 1.29 is 14.3 Å². The van der Waals surface area contributed by atoms with Crippen LogP contribution < -0.4 is 0 Å². The van der Waals surface area contributed by atoms with Gasteiger partial charge in [0.15, 0.2) is 0 Å². The third-order valence-corrected chi connectivity index (χ3v) is 5.12. The van der Waals surface area contributed by atoms with Gasteiger partial charge in [-0.2, -0.15) is 0 Å². The van der Waals surface area contributed by atoms with Crippen LogP contribution in [0.25, 0.3) is 0 Å². The average molecular weight is 308 g/mol. The van der Waals surface area contributed by atoms with Gasteiger partial charge in [0.2, 0.25) is 0 Å². The Morgan fingerprint density at radius 2 is 1.86 bits per heavy atom. The molecule has 0 unspecified atom stereocenters. The summed E-state index contributed by atoms with van der Waals surface area (Å²) in [4.78, 5) is 11.2. The van der Waals surface area contributed by atoms with E-state index in [0.717, 1.165) is 44.1 Å². The van der Waals surface area contributed by atoms with E-state index in [1.165, 1.54) is 12.7 Å². The molecule has 0 aromatic carbocycles. The molecule has 2 atom stereocenters. The highest BCUT2D eigenvalue weighted by atomic mass is 16.6. The lowest BCUT2D eigenvalue weighted by atomic mass is 9.88. The van der Waals surface area contributed by atoms with Crippen molar-refractivity contribution in [1.29, 1.82) is 0 Å². The molecule has 0 radical (unpaired) electrons. The minimum absolute atomic E-state index is 0.0523. The standard InChI is InChI=1S/C19H32O3/c1-7-16(11-9-10-15(3)14-17(20)21-6)12-13-19(5)18(4,8-2)22-19/h11,14H,7-10,12-13H2,1-6H3/b15-14+,16-11+/t18-,19+/m0/s1. The number of rotatable bonds is 9. The molecule has 1 aliphatic heterocycles. The van der Waals surface area contributed by atoms with Crippen LogP contribution >= 0.6 is 0 Å². The van der Waals surface area contributed by atoms with E-state index in [4.69, 9.17) is 4.74 Å². The Bertz CT molecular complexity index is 450. The minimum atomic E-state index is -0.269. The third kappa shape index (κ3) is 4.98. The summed E-state index contributed by atoms with van der Waals surface area (Å²) >= 11 is 0. The molecule has 22 heavy (non-hydrogen) atoms. The van der Waals surface area contributed by atoms with Crippen molar-refractivity contribution >= 4 is 5.97 Å². The zero-order chi connectivity index (χ0) is 16.8. The molecule has 3 nitrogen and oxygen atoms in total. The monoisotopic (exact) mass is 308 g/mol. The van der Waals surface area contributed by atoms with Crippen molar-refractivity contribution in [2.24, 2.45) is 0 Å². The Kier molecular flexibility index (Phi) is 6.86. The lowest BCUT2D eigenvalue weighted by Crippen LogP contribution is -2.19. The number of epoxide rings is 1. The maximum Gasteiger partial charge on any atom is 0.330 e. The fraction of sp³-hybridized carbons (Fsp3) is 0.737. The summed E-state index contributed by atoms with van der Waals surface area (Å²) in [7, 11) is 1.41. The zero-order valence-corrected chi connectivity index (χ0v) is 15.1. The van der Waals surface area contributed by atoms with Crippen molar-refractivity contribution in [3.8, 4) is 0 Å². The lowest BCUT2D eigenvalue weighted by Gasteiger charge is -2.12. The molecule has 1 heterocycles. The highest BCUT2D eigenvalue weighted by Crippen LogP contribution is 2.53. The van der Waals surface area contributed by atoms with Crippen LogP contribution in [0.2, 0.25) is 0 Å². The SMILES string of the molecule is CC/C(=C\CC/C(C)=C/C(=O)OC)CC[C@@]1(C)O[C@@]1(C)CC. The van der Waals surface area contributed by atoms with Gasteiger partial charge in [-0.05, 0) is 59.3 Å². The molecule has 0 spiro atoms. The van der Waals surface area contributed by atoms with Gasteiger partial charge in [-0.25, -0.2) is 4.79 Å². The Balaban J connectivity index is 2.42. The average Bonchev–Trinajstić information content (AvgIpc) is 3.05. The maximum absolute atomic E-state index is 11.2. The van der Waals surface area contributed by atoms with E-state index in [2.05, 4.69) is 38.5 Å². The van der Waals surface area contributed by atoms with E-state index in [-0.39, 0.29) is 17.2 Å². The Labute approximate surface area is 135 Å². The Morgan fingerprint density at radius 1 is 1.18 bits per heavy atom. The van der Waals surface area contributed by atoms with E-state index in [9.17, 15) is 4.79 Å². The molecule has 0 aliphatic carbocycles. The predicted octanol–water partition coefficient (Wildman–Crippen LogP) is 4.96. The van der Waals surface area contributed by atoms with Crippen LogP contribution in [0.1, 0.15) is 73.1 Å². The van der Waals surface area contributed by atoms with Crippen LogP contribution in [0, 0.1) is 0 Å². The van der Waals surface area contributed by atoms with Crippen LogP contribution in [0.5, 0.6) is 0 Å². The number of hydrogen-bond donors (Lipinski definition) is 0. The summed E-state index contributed by atoms with van der Waals surface area (Å²) in [5.41, 5.74) is 2.68. The highest BCUT2D eigenvalue weighted by molar-refractivity contribution is 5.82. The van der Waals surface area contributed by atoms with Gasteiger partial charge in [0, 0.05) is 6.08 Å². The molecule has 126 valence electrons. The first kappa shape index (κ1) is 19.0. The van der Waals surface area contributed by atoms with E-state index >= 15 is 0 Å². The first-order valence-electron chi connectivity index (χ1n) is 8.43. The molecule has 0 bridgehead atoms. The number of esters is 1. The first-order valence-corrected chi connectivity index (χ1v) is 8.43. The molecule has 3 heteroatoms. The van der Waals surface area contributed by atoms with Crippen LogP contribution in [-0.2, 0) is 14.3 Å². The maximum atomic E-state index is 11.2. The largest absolute Gasteiger partial charge is 0.466 e. The smallest absolute Gasteiger partial charge is 0.330 e. The minimum Gasteiger partial charge on any atom is -0.466 e. The van der Waals surface area contributed by atoms with E-state index < -0.39 is 0 Å². The highest BCUT2D eigenvalue weighted by Gasteiger charge is 2.61. The second kappa shape index (κ2) is 7.96. The van der Waals surface area contributed by atoms with Crippen molar-refractivity contribution in [2.45, 2.75) is 84.3 Å². The van der Waals surface area contributed by atoms with Crippen LogP contribution in [0.3, 0.4) is 0 Å². The molecule has 1 fully saturated rings. The first-order chi connectivity index (χ1) is 10.3. The molecule has 0 aromatic rings. The number of carbonyl (C=O) groups is 1. The number of hydrogen-bond acceptors (Lipinski definition) is 3. The molecular formula is C19H32O3. The molecule has 0 amide bonds. The van der Waals surface area contributed by atoms with Gasteiger partial charge in [-0.1, -0.05) is 31.1 Å². The summed E-state index contributed by atoms with van der Waals surface area (Å²) < 4.78 is 10.6. The molecular weight excluding hydrogens is 276 g/mol. The van der Waals surface area contributed by atoms with Crippen molar-refractivity contribution in [3.05, 3.63) is 23.3 Å². The van der Waals surface area contributed by atoms with E-state index in [1.807, 2.05) is 6.92 Å². The predicted molar refractivity (Wildman–Crippen MR) is 90.8 cm³/mol. The number of carbonyl (C=O) groups excluding carboxylic acids is 1. The van der Waals surface area contributed by atoms with Crippen LogP contribution in [-0.4, -0.2) is 24.3 Å². The summed E-state index contributed by atoms with van der Waals surface area (Å²) in [6, 6.07) is 0. The lowest BCUT2D eigenvalue weighted by molar-refractivity contribution is -0.134. The quantitative estimate of drug-likeness (QED) is 0.261. The van der Waals surface area contributed by atoms with Crippen molar-refractivity contribution in [2.75, 3.05) is 7.11 Å². The van der Waals surface area contributed by atoms with Gasteiger partial charge in [-0.15, -0.1) is 0 Å². The number of methoxy groups -OCH3 is 1. The van der Waals surface area contributed by atoms with Crippen LogP contribution in [0.4, 0.5) is 0 Å². The molecule has 0 aromatic heterocycles. The van der Waals surface area contributed by atoms with Gasteiger partial charge >= 0.3 is 5.97 Å². The second-order valence-corrected chi connectivity index (χ2v) is 6.69. The summed E-state index contributed by atoms with van der Waals surface area (Å²) in [5, 5.41) is 0. The third-order valence-electron chi connectivity index (χ3n) is 5.12. The number of allylic oxidation sites excluding steroid dienone is 3. The summed E-state index contributed by atoms with van der Waals surface area (Å²) in [6.45, 7) is 10.8. The number of ether oxygens (including phenoxy) is 2. The van der Waals surface area contributed by atoms with Gasteiger partial charge in [-0.3, -0.25) is 0 Å². The molecule has 1 saturated heterocycles. The second-order valence-electron chi connectivity index (χ2n) is 6.69. The van der Waals surface area contributed by atoms with Crippen molar-refractivity contribution in [1.82, 2.24) is 0 Å². The van der Waals surface area contributed by atoms with Crippen molar-refractivity contribution in [3.63, 3.8) is 0 Å². The van der Waals surface area contributed by atoms with Gasteiger partial charge in [0.05, 0.1) is 18.3 Å². The fourth-order valence-electron chi connectivity index (χ4n) is 2.89. The molecule has 1 rings (SSSR count). The molecule has 1 aliphatic rings. The van der Waals surface area contributed by atoms with Gasteiger partial charge < -0.3 is 9.47 Å². The Hall–Kier alpha value is -1.09. The Morgan fingerprint density at radius 3 is 2.36 bits per heavy atom. The van der Waals surface area contributed by atoms with E-state index in [1.54, 1.807) is 6.08 Å². The fourth-order valence-corrected chi connectivity index (χ4v) is 2.89.